The van der Waals surface area contributed by atoms with E-state index in [9.17, 15) is 4.79 Å². The van der Waals surface area contributed by atoms with Gasteiger partial charge in [0.2, 0.25) is 0 Å². The Bertz CT molecular complexity index is 486. The van der Waals surface area contributed by atoms with E-state index in [1.54, 1.807) is 5.01 Å². The lowest BCUT2D eigenvalue weighted by Gasteiger charge is -2.43. The predicted molar refractivity (Wildman–Crippen MR) is 59.5 cm³/mol. The Morgan fingerprint density at radius 1 is 1.50 bits per heavy atom. The summed E-state index contributed by atoms with van der Waals surface area (Å²) in [6, 6.07) is 7.56. The van der Waals surface area contributed by atoms with Crippen LogP contribution in [-0.4, -0.2) is 24.4 Å². The van der Waals surface area contributed by atoms with Crippen LogP contribution < -0.4 is 15.1 Å². The minimum absolute atomic E-state index is 0.1000. The summed E-state index contributed by atoms with van der Waals surface area (Å²) in [4.78, 5) is 11.8. The van der Waals surface area contributed by atoms with Gasteiger partial charge in [-0.25, -0.2) is 5.01 Å². The molecular weight excluding hydrogens is 206 g/mol. The van der Waals surface area contributed by atoms with Crippen molar-refractivity contribution in [1.29, 1.82) is 0 Å². The van der Waals surface area contributed by atoms with Gasteiger partial charge in [0.05, 0.1) is 0 Å². The molecular formula is C11H11N3O2. The smallest absolute Gasteiger partial charge is 0.256 e. The number of nitrogens with one attached hydrogen (secondary N) is 1. The van der Waals surface area contributed by atoms with E-state index in [1.807, 2.05) is 31.2 Å². The zero-order chi connectivity index (χ0) is 11.2. The van der Waals surface area contributed by atoms with E-state index in [1.165, 1.54) is 6.34 Å². The molecule has 0 saturated carbocycles. The molecule has 0 saturated heterocycles. The Balaban J connectivity index is 2.16. The molecule has 1 aromatic carbocycles. The van der Waals surface area contributed by atoms with Crippen molar-refractivity contribution in [3.63, 3.8) is 0 Å². The zero-order valence-electron chi connectivity index (χ0n) is 8.80. The molecule has 82 valence electrons. The van der Waals surface area contributed by atoms with Gasteiger partial charge in [0.25, 0.3) is 5.91 Å². The minimum Gasteiger partial charge on any atom is -0.488 e. The second-order valence-electron chi connectivity index (χ2n) is 4.06. The highest BCUT2D eigenvalue weighted by Gasteiger charge is 2.46. The first kappa shape index (κ1) is 9.21. The van der Waals surface area contributed by atoms with E-state index >= 15 is 0 Å². The maximum atomic E-state index is 11.8. The van der Waals surface area contributed by atoms with E-state index < -0.39 is 5.54 Å². The van der Waals surface area contributed by atoms with Crippen LogP contribution >= 0.6 is 0 Å². The van der Waals surface area contributed by atoms with Crippen molar-refractivity contribution >= 4 is 17.9 Å². The molecule has 2 aliphatic heterocycles. The molecule has 1 unspecified atom stereocenters. The van der Waals surface area contributed by atoms with E-state index in [0.29, 0.717) is 6.61 Å². The van der Waals surface area contributed by atoms with Crippen LogP contribution in [0.3, 0.4) is 0 Å². The summed E-state index contributed by atoms with van der Waals surface area (Å²) in [5.74, 6) is 0.656. The highest BCUT2D eigenvalue weighted by atomic mass is 16.5. The van der Waals surface area contributed by atoms with Crippen molar-refractivity contribution < 1.29 is 9.53 Å². The normalized spacial score (nSPS) is 26.6. The van der Waals surface area contributed by atoms with Gasteiger partial charge < -0.3 is 10.1 Å². The molecule has 1 N–H and O–H groups in total. The summed E-state index contributed by atoms with van der Waals surface area (Å²) in [5, 5.41) is 8.52. The van der Waals surface area contributed by atoms with Gasteiger partial charge in [0.15, 0.2) is 5.54 Å². The number of carbonyl (C=O) groups excluding carboxylic acids is 1. The summed E-state index contributed by atoms with van der Waals surface area (Å²) >= 11 is 0. The van der Waals surface area contributed by atoms with Crippen LogP contribution in [0.5, 0.6) is 5.75 Å². The Morgan fingerprint density at radius 3 is 3.19 bits per heavy atom. The molecule has 0 aliphatic carbocycles. The first-order chi connectivity index (χ1) is 7.72. The summed E-state index contributed by atoms with van der Waals surface area (Å²) < 4.78 is 5.59. The number of para-hydroxylation sites is 2. The summed E-state index contributed by atoms with van der Waals surface area (Å²) in [5.41, 5.74) is 0.0608. The Labute approximate surface area is 92.7 Å². The number of hydrogen-bond donors (Lipinski definition) is 1. The van der Waals surface area contributed by atoms with Gasteiger partial charge in [-0.05, 0) is 19.1 Å². The van der Waals surface area contributed by atoms with E-state index in [0.717, 1.165) is 11.4 Å². The molecule has 2 aliphatic rings. The van der Waals surface area contributed by atoms with Crippen molar-refractivity contribution in [3.05, 3.63) is 24.3 Å². The van der Waals surface area contributed by atoms with Gasteiger partial charge in [-0.15, -0.1) is 0 Å². The van der Waals surface area contributed by atoms with Crippen LogP contribution in [0.25, 0.3) is 0 Å². The molecule has 2 heterocycles. The minimum atomic E-state index is -0.761. The second kappa shape index (κ2) is 2.98. The molecule has 5 heteroatoms. The summed E-state index contributed by atoms with van der Waals surface area (Å²) in [6.45, 7) is 2.11. The zero-order valence-corrected chi connectivity index (χ0v) is 8.80. The number of anilines is 1. The van der Waals surface area contributed by atoms with Crippen molar-refractivity contribution in [2.24, 2.45) is 5.10 Å². The lowest BCUT2D eigenvalue weighted by atomic mass is 9.98. The van der Waals surface area contributed by atoms with Crippen molar-refractivity contribution in [2.75, 3.05) is 11.6 Å². The third-order valence-corrected chi connectivity index (χ3v) is 2.93. The van der Waals surface area contributed by atoms with Crippen LogP contribution in [0.1, 0.15) is 6.92 Å². The second-order valence-corrected chi connectivity index (χ2v) is 4.06. The number of amides is 1. The van der Waals surface area contributed by atoms with Crippen LogP contribution in [0.15, 0.2) is 29.4 Å². The third kappa shape index (κ3) is 1.05. The van der Waals surface area contributed by atoms with Gasteiger partial charge in [-0.1, -0.05) is 12.1 Å². The maximum Gasteiger partial charge on any atom is 0.256 e. The number of nitrogens with zero attached hydrogens (tertiary/aromatic N) is 2. The van der Waals surface area contributed by atoms with Gasteiger partial charge in [0.1, 0.15) is 24.4 Å². The van der Waals surface area contributed by atoms with Crippen LogP contribution in [-0.2, 0) is 4.79 Å². The van der Waals surface area contributed by atoms with Gasteiger partial charge >= 0.3 is 0 Å². The lowest BCUT2D eigenvalue weighted by Crippen LogP contribution is -2.63. The molecule has 16 heavy (non-hydrogen) atoms. The topological polar surface area (TPSA) is 53.9 Å². The summed E-state index contributed by atoms with van der Waals surface area (Å²) in [7, 11) is 0. The van der Waals surface area contributed by atoms with Crippen LogP contribution in [0.2, 0.25) is 0 Å². The van der Waals surface area contributed by atoms with Gasteiger partial charge in [-0.3, -0.25) is 4.79 Å². The molecule has 0 fully saturated rings. The molecule has 1 aromatic rings. The monoisotopic (exact) mass is 217 g/mol. The number of fused-ring (bicyclic) bond motifs is 3. The fourth-order valence-corrected chi connectivity index (χ4v) is 1.95. The molecule has 5 nitrogen and oxygen atoms in total. The van der Waals surface area contributed by atoms with Crippen molar-refractivity contribution in [2.45, 2.75) is 12.5 Å². The Morgan fingerprint density at radius 2 is 2.31 bits per heavy atom. The first-order valence-electron chi connectivity index (χ1n) is 5.07. The fraction of sp³-hybridized carbons (Fsp3) is 0.273. The van der Waals surface area contributed by atoms with Crippen molar-refractivity contribution in [1.82, 2.24) is 5.32 Å². The highest BCUT2D eigenvalue weighted by molar-refractivity contribution is 6.00. The van der Waals surface area contributed by atoms with E-state index in [2.05, 4.69) is 10.4 Å². The van der Waals surface area contributed by atoms with Crippen LogP contribution in [0.4, 0.5) is 5.69 Å². The largest absolute Gasteiger partial charge is 0.488 e. The van der Waals surface area contributed by atoms with Gasteiger partial charge in [-0.2, -0.15) is 5.10 Å². The number of ether oxygens (including phenoxy) is 1. The average Bonchev–Trinajstić information content (AvgIpc) is 2.31. The number of hydrazone groups is 1. The molecule has 1 atom stereocenters. The fourth-order valence-electron chi connectivity index (χ4n) is 1.95. The molecule has 0 bridgehead atoms. The van der Waals surface area contributed by atoms with Crippen molar-refractivity contribution in [3.8, 4) is 5.75 Å². The number of rotatable bonds is 0. The van der Waals surface area contributed by atoms with Crippen LogP contribution in [0, 0.1) is 0 Å². The summed E-state index contributed by atoms with van der Waals surface area (Å²) in [6.07, 6.45) is 1.41. The Hall–Kier alpha value is -2.04. The standard InChI is InChI=1S/C11H11N3O2/c1-11-6-16-9-5-3-2-4-8(9)14(11)13-7-12-10(11)15/h2-5,7H,6H2,1H3,(H,12,13,15). The maximum absolute atomic E-state index is 11.8. The molecule has 1 amide bonds. The first-order valence-corrected chi connectivity index (χ1v) is 5.07. The van der Waals surface area contributed by atoms with E-state index in [4.69, 9.17) is 4.74 Å². The predicted octanol–water partition coefficient (Wildman–Crippen LogP) is 0.717. The van der Waals surface area contributed by atoms with E-state index in [-0.39, 0.29) is 5.91 Å². The SMILES string of the molecule is CC12COc3ccccc3N1N=CNC2=O. The number of carbonyl (C=O) groups is 1. The molecule has 0 aromatic heterocycles. The number of benzene rings is 1. The molecule has 0 spiro atoms. The average molecular weight is 217 g/mol. The molecule has 3 rings (SSSR count). The highest BCUT2D eigenvalue weighted by Crippen LogP contribution is 2.38. The lowest BCUT2D eigenvalue weighted by molar-refractivity contribution is -0.126. The number of hydrogen-bond acceptors (Lipinski definition) is 4. The quantitative estimate of drug-likeness (QED) is 0.696. The Kier molecular flexibility index (Phi) is 1.71. The third-order valence-electron chi connectivity index (χ3n) is 2.93. The van der Waals surface area contributed by atoms with Gasteiger partial charge in [0, 0.05) is 0 Å². The molecule has 0 radical (unpaired) electrons.